The third kappa shape index (κ3) is 5.70. The molecular weight excluding hydrogens is 342 g/mol. The lowest BCUT2D eigenvalue weighted by atomic mass is 10.1. The fraction of sp³-hybridized carbons (Fsp3) is 0.444. The molecule has 7 heteroatoms. The molecule has 1 fully saturated rings. The van der Waals surface area contributed by atoms with Crippen LogP contribution in [0, 0.1) is 6.92 Å². The number of hydrogen-bond donors (Lipinski definition) is 0. The van der Waals surface area contributed by atoms with Crippen molar-refractivity contribution < 1.29 is 22.7 Å². The maximum Gasteiger partial charge on any atom is 0.331 e. The van der Waals surface area contributed by atoms with Crippen LogP contribution in [0.4, 0.5) is 0 Å². The second-order valence-electron chi connectivity index (χ2n) is 6.09. The fourth-order valence-electron chi connectivity index (χ4n) is 2.86. The van der Waals surface area contributed by atoms with Crippen LogP contribution in [0.2, 0.25) is 0 Å². The molecule has 1 aromatic rings. The van der Waals surface area contributed by atoms with E-state index in [0.717, 1.165) is 11.1 Å². The maximum atomic E-state index is 12.2. The van der Waals surface area contributed by atoms with Gasteiger partial charge < -0.3 is 9.64 Å². The van der Waals surface area contributed by atoms with Crippen molar-refractivity contribution in [1.29, 1.82) is 0 Å². The molecule has 0 spiro atoms. The van der Waals surface area contributed by atoms with E-state index in [2.05, 4.69) is 0 Å². The molecule has 6 nitrogen and oxygen atoms in total. The van der Waals surface area contributed by atoms with Gasteiger partial charge in [0, 0.05) is 18.7 Å². The van der Waals surface area contributed by atoms with Crippen molar-refractivity contribution in [1.82, 2.24) is 4.90 Å². The summed E-state index contributed by atoms with van der Waals surface area (Å²) in [7, 11) is -3.07. The first kappa shape index (κ1) is 19.2. The predicted octanol–water partition coefficient (Wildman–Crippen LogP) is 1.59. The molecule has 1 heterocycles. The highest BCUT2D eigenvalue weighted by Crippen LogP contribution is 2.17. The fourth-order valence-corrected chi connectivity index (χ4v) is 4.59. The SMILES string of the molecule is CCN(C(=O)COC(=O)/C=C/c1cccc(C)c1)[C@@H]1CCS(=O)(=O)C1. The molecule has 25 heavy (non-hydrogen) atoms. The van der Waals surface area contributed by atoms with Crippen LogP contribution in [0.3, 0.4) is 0 Å². The van der Waals surface area contributed by atoms with E-state index in [1.54, 1.807) is 13.0 Å². The first-order chi connectivity index (χ1) is 11.8. The van der Waals surface area contributed by atoms with E-state index in [1.165, 1.54) is 11.0 Å². The van der Waals surface area contributed by atoms with E-state index in [4.69, 9.17) is 4.74 Å². The van der Waals surface area contributed by atoms with Crippen molar-refractivity contribution in [3.05, 3.63) is 41.5 Å². The normalized spacial score (nSPS) is 19.0. The Kier molecular flexibility index (Phi) is 6.36. The van der Waals surface area contributed by atoms with Crippen molar-refractivity contribution in [3.63, 3.8) is 0 Å². The van der Waals surface area contributed by atoms with E-state index < -0.39 is 15.8 Å². The number of aryl methyl sites for hydroxylation is 1. The number of benzene rings is 1. The number of carbonyl (C=O) groups excluding carboxylic acids is 2. The molecule has 0 saturated carbocycles. The van der Waals surface area contributed by atoms with Gasteiger partial charge in [0.15, 0.2) is 16.4 Å². The van der Waals surface area contributed by atoms with Crippen molar-refractivity contribution >= 4 is 27.8 Å². The second-order valence-corrected chi connectivity index (χ2v) is 8.32. The largest absolute Gasteiger partial charge is 0.452 e. The van der Waals surface area contributed by atoms with Crippen LogP contribution in [-0.2, 0) is 24.2 Å². The first-order valence-corrected chi connectivity index (χ1v) is 10.0. The van der Waals surface area contributed by atoms with Gasteiger partial charge in [0.05, 0.1) is 11.5 Å². The average molecular weight is 365 g/mol. The predicted molar refractivity (Wildman–Crippen MR) is 95.6 cm³/mol. The molecule has 0 radical (unpaired) electrons. The number of amides is 1. The molecule has 0 unspecified atom stereocenters. The number of nitrogens with zero attached hydrogens (tertiary/aromatic N) is 1. The molecular formula is C18H23NO5S. The van der Waals surface area contributed by atoms with Gasteiger partial charge in [-0.25, -0.2) is 13.2 Å². The standard InChI is InChI=1S/C18H23NO5S/c1-3-19(16-9-10-25(22,23)13-16)17(20)12-24-18(21)8-7-15-6-4-5-14(2)11-15/h4-8,11,16H,3,9-10,12-13H2,1-2H3/b8-7+/t16-/m1/s1. The molecule has 1 aliphatic rings. The van der Waals surface area contributed by atoms with Crippen LogP contribution in [0.1, 0.15) is 24.5 Å². The minimum absolute atomic E-state index is 0.0201. The topological polar surface area (TPSA) is 80.8 Å². The van der Waals surface area contributed by atoms with Gasteiger partial charge >= 0.3 is 5.97 Å². The molecule has 0 bridgehead atoms. The van der Waals surface area contributed by atoms with E-state index in [1.807, 2.05) is 31.2 Å². The summed E-state index contributed by atoms with van der Waals surface area (Å²) in [4.78, 5) is 25.5. The van der Waals surface area contributed by atoms with E-state index >= 15 is 0 Å². The quantitative estimate of drug-likeness (QED) is 0.565. The Balaban J connectivity index is 1.86. The summed E-state index contributed by atoms with van der Waals surface area (Å²) in [5.74, 6) is -0.902. The van der Waals surface area contributed by atoms with Crippen molar-refractivity contribution in [2.75, 3.05) is 24.7 Å². The monoisotopic (exact) mass is 365 g/mol. The maximum absolute atomic E-state index is 12.2. The van der Waals surface area contributed by atoms with Gasteiger partial charge in [0.25, 0.3) is 5.91 Å². The van der Waals surface area contributed by atoms with E-state index in [-0.39, 0.29) is 30.1 Å². The second kappa shape index (κ2) is 8.29. The molecule has 2 rings (SSSR count). The minimum Gasteiger partial charge on any atom is -0.452 e. The van der Waals surface area contributed by atoms with Gasteiger partial charge in [-0.2, -0.15) is 0 Å². The Labute approximate surface area is 148 Å². The van der Waals surface area contributed by atoms with Gasteiger partial charge in [-0.3, -0.25) is 4.79 Å². The summed E-state index contributed by atoms with van der Waals surface area (Å²) in [6, 6.07) is 7.30. The number of likely N-dealkylation sites (N-methyl/N-ethyl adjacent to an activating group) is 1. The summed E-state index contributed by atoms with van der Waals surface area (Å²) < 4.78 is 28.1. The summed E-state index contributed by atoms with van der Waals surface area (Å²) in [6.45, 7) is 3.73. The summed E-state index contributed by atoms with van der Waals surface area (Å²) in [5, 5.41) is 0. The van der Waals surface area contributed by atoms with Crippen LogP contribution in [-0.4, -0.2) is 55.9 Å². The lowest BCUT2D eigenvalue weighted by Crippen LogP contribution is -2.43. The Morgan fingerprint density at radius 3 is 2.72 bits per heavy atom. The van der Waals surface area contributed by atoms with E-state index in [0.29, 0.717) is 13.0 Å². The lowest BCUT2D eigenvalue weighted by molar-refractivity contribution is -0.149. The zero-order valence-corrected chi connectivity index (χ0v) is 15.3. The van der Waals surface area contributed by atoms with Crippen molar-refractivity contribution in [2.45, 2.75) is 26.3 Å². The van der Waals surface area contributed by atoms with Gasteiger partial charge in [0.1, 0.15) is 0 Å². The van der Waals surface area contributed by atoms with Crippen molar-refractivity contribution in [3.8, 4) is 0 Å². The highest BCUT2D eigenvalue weighted by atomic mass is 32.2. The zero-order chi connectivity index (χ0) is 18.4. The molecule has 136 valence electrons. The van der Waals surface area contributed by atoms with Gasteiger partial charge in [-0.1, -0.05) is 29.8 Å². The van der Waals surface area contributed by atoms with Gasteiger partial charge in [-0.05, 0) is 31.9 Å². The number of carbonyl (C=O) groups is 2. The number of hydrogen-bond acceptors (Lipinski definition) is 5. The highest BCUT2D eigenvalue weighted by molar-refractivity contribution is 7.91. The molecule has 1 saturated heterocycles. The van der Waals surface area contributed by atoms with Crippen molar-refractivity contribution in [2.24, 2.45) is 0 Å². The summed E-state index contributed by atoms with van der Waals surface area (Å²) in [5.41, 5.74) is 1.95. The van der Waals surface area contributed by atoms with Crippen LogP contribution >= 0.6 is 0 Å². The summed E-state index contributed by atoms with van der Waals surface area (Å²) >= 11 is 0. The zero-order valence-electron chi connectivity index (χ0n) is 14.5. The highest BCUT2D eigenvalue weighted by Gasteiger charge is 2.34. The van der Waals surface area contributed by atoms with E-state index in [9.17, 15) is 18.0 Å². The number of esters is 1. The van der Waals surface area contributed by atoms with Crippen LogP contribution in [0.25, 0.3) is 6.08 Å². The third-order valence-electron chi connectivity index (χ3n) is 4.10. The molecule has 1 aromatic carbocycles. The molecule has 1 amide bonds. The van der Waals surface area contributed by atoms with Crippen LogP contribution in [0.15, 0.2) is 30.3 Å². The average Bonchev–Trinajstić information content (AvgIpc) is 2.91. The summed E-state index contributed by atoms with van der Waals surface area (Å²) in [6.07, 6.45) is 3.34. The van der Waals surface area contributed by atoms with Gasteiger partial charge in [0.2, 0.25) is 0 Å². The Morgan fingerprint density at radius 2 is 2.12 bits per heavy atom. The Bertz CT molecular complexity index is 769. The molecule has 0 aromatic heterocycles. The first-order valence-electron chi connectivity index (χ1n) is 8.22. The molecule has 0 aliphatic carbocycles. The minimum atomic E-state index is -3.07. The smallest absolute Gasteiger partial charge is 0.331 e. The van der Waals surface area contributed by atoms with Gasteiger partial charge in [-0.15, -0.1) is 0 Å². The molecule has 0 N–H and O–H groups in total. The van der Waals surface area contributed by atoms with Crippen LogP contribution < -0.4 is 0 Å². The number of rotatable bonds is 6. The molecule has 1 atom stereocenters. The number of ether oxygens (including phenoxy) is 1. The third-order valence-corrected chi connectivity index (χ3v) is 5.85. The lowest BCUT2D eigenvalue weighted by Gasteiger charge is -2.26. The number of sulfone groups is 1. The van der Waals surface area contributed by atoms with Crippen LogP contribution in [0.5, 0.6) is 0 Å². The Morgan fingerprint density at radius 1 is 1.36 bits per heavy atom. The molecule has 1 aliphatic heterocycles. The Hall–Kier alpha value is -2.15.